The third kappa shape index (κ3) is 4.11. The minimum absolute atomic E-state index is 0.243. The molecule has 2 aromatic heterocycles. The predicted octanol–water partition coefficient (Wildman–Crippen LogP) is 3.06. The van der Waals surface area contributed by atoms with Crippen LogP contribution in [0.4, 0.5) is 4.39 Å². The smallest absolute Gasteiger partial charge is 0.392 e. The van der Waals surface area contributed by atoms with Crippen molar-refractivity contribution in [2.24, 2.45) is 0 Å². The highest BCUT2D eigenvalue weighted by Gasteiger charge is 2.28. The molecule has 0 aliphatic carbocycles. The molecule has 0 unspecified atom stereocenters. The van der Waals surface area contributed by atoms with Crippen molar-refractivity contribution in [3.63, 3.8) is 0 Å². The van der Waals surface area contributed by atoms with Gasteiger partial charge in [0.1, 0.15) is 5.82 Å². The van der Waals surface area contributed by atoms with Gasteiger partial charge in [-0.25, -0.2) is 14.2 Å². The molecule has 2 aromatic carbocycles. The molecule has 5 rings (SSSR count). The van der Waals surface area contributed by atoms with Gasteiger partial charge in [0, 0.05) is 23.4 Å². The summed E-state index contributed by atoms with van der Waals surface area (Å²) in [5.41, 5.74) is 2.03. The molecule has 1 aliphatic heterocycles. The van der Waals surface area contributed by atoms with E-state index < -0.39 is 5.76 Å². The van der Waals surface area contributed by atoms with Gasteiger partial charge in [0.05, 0.1) is 29.0 Å². The third-order valence-corrected chi connectivity index (χ3v) is 6.54. The van der Waals surface area contributed by atoms with Crippen molar-refractivity contribution in [2.75, 3.05) is 12.3 Å². The normalized spacial score (nSPS) is 14.9. The van der Waals surface area contributed by atoms with Gasteiger partial charge < -0.3 is 14.3 Å². The van der Waals surface area contributed by atoms with Gasteiger partial charge in [-0.05, 0) is 55.1 Å². The van der Waals surface area contributed by atoms with Gasteiger partial charge in [-0.15, -0.1) is 16.9 Å². The molecule has 3 heterocycles. The van der Waals surface area contributed by atoms with E-state index in [2.05, 4.69) is 22.3 Å². The van der Waals surface area contributed by atoms with Gasteiger partial charge in [-0.1, -0.05) is 6.92 Å². The van der Waals surface area contributed by atoms with Crippen molar-refractivity contribution >= 4 is 22.8 Å². The molecule has 0 radical (unpaired) electrons. The minimum atomic E-state index is -0.527. The van der Waals surface area contributed by atoms with E-state index in [1.807, 2.05) is 24.3 Å². The van der Waals surface area contributed by atoms with Crippen molar-refractivity contribution in [3.05, 3.63) is 80.8 Å². The van der Waals surface area contributed by atoms with Crippen molar-refractivity contribution in [3.8, 4) is 5.69 Å². The number of halogens is 1. The Morgan fingerprint density at radius 1 is 1.21 bits per heavy atom. The topological polar surface area (TPSA) is 95.0 Å². The molecular formula is C23H22FN5O3S. The molecule has 8 nitrogen and oxygen atoms in total. The molecular weight excluding hydrogens is 445 g/mol. The van der Waals surface area contributed by atoms with E-state index in [-0.39, 0.29) is 17.4 Å². The zero-order chi connectivity index (χ0) is 22.9. The maximum atomic E-state index is 14.5. The van der Waals surface area contributed by atoms with Crippen LogP contribution in [0.5, 0.6) is 0 Å². The number of hydrogen-bond donors (Lipinski definition) is 1. The molecule has 10 heteroatoms. The van der Waals surface area contributed by atoms with Gasteiger partial charge >= 0.3 is 5.76 Å². The van der Waals surface area contributed by atoms with Crippen LogP contribution in [0.2, 0.25) is 0 Å². The summed E-state index contributed by atoms with van der Waals surface area (Å²) in [6.45, 7) is 2.97. The van der Waals surface area contributed by atoms with Gasteiger partial charge in [-0.2, -0.15) is 4.68 Å². The number of aromatic nitrogens is 4. The summed E-state index contributed by atoms with van der Waals surface area (Å²) in [7, 11) is 0. The summed E-state index contributed by atoms with van der Waals surface area (Å²) in [5, 5.41) is 7.62. The Morgan fingerprint density at radius 2 is 2.03 bits per heavy atom. The quantitative estimate of drug-likeness (QED) is 0.314. The molecule has 4 aromatic rings. The van der Waals surface area contributed by atoms with Gasteiger partial charge in [0.25, 0.3) is 5.56 Å². The van der Waals surface area contributed by atoms with Crippen LogP contribution < -0.4 is 16.6 Å². The zero-order valence-corrected chi connectivity index (χ0v) is 18.8. The molecule has 1 aliphatic rings. The van der Waals surface area contributed by atoms with Gasteiger partial charge in [0.15, 0.2) is 0 Å². The maximum absolute atomic E-state index is 14.5. The average Bonchev–Trinajstić information content (AvgIpc) is 3.38. The monoisotopic (exact) mass is 467 g/mol. The van der Waals surface area contributed by atoms with Crippen LogP contribution in [-0.2, 0) is 13.0 Å². The highest BCUT2D eigenvalue weighted by molar-refractivity contribution is 7.99. The largest absolute Gasteiger partial charge is 0.441 e. The lowest BCUT2D eigenvalue weighted by Crippen LogP contribution is -2.26. The third-order valence-electron chi connectivity index (χ3n) is 5.65. The summed E-state index contributed by atoms with van der Waals surface area (Å²) in [5.74, 6) is 0.439. The van der Waals surface area contributed by atoms with Crippen molar-refractivity contribution in [1.82, 2.24) is 24.6 Å². The first-order valence-corrected chi connectivity index (χ1v) is 11.8. The fraction of sp³-hybridized carbons (Fsp3) is 0.304. The summed E-state index contributed by atoms with van der Waals surface area (Å²) < 4.78 is 22.7. The lowest BCUT2D eigenvalue weighted by atomic mass is 10.1. The van der Waals surface area contributed by atoms with Crippen LogP contribution in [0, 0.1) is 5.82 Å². The number of nitrogens with one attached hydrogen (secondary N) is 1. The van der Waals surface area contributed by atoms with E-state index >= 15 is 0 Å². The number of rotatable bonds is 8. The molecule has 170 valence electrons. The predicted molar refractivity (Wildman–Crippen MR) is 124 cm³/mol. The highest BCUT2D eigenvalue weighted by Crippen LogP contribution is 2.32. The van der Waals surface area contributed by atoms with Crippen LogP contribution in [0.25, 0.3) is 16.7 Å². The number of nitrogens with zero attached hydrogens (tertiary/aromatic N) is 4. The van der Waals surface area contributed by atoms with Crippen LogP contribution in [0.1, 0.15) is 30.8 Å². The first-order valence-electron chi connectivity index (χ1n) is 10.8. The highest BCUT2D eigenvalue weighted by atomic mass is 32.2. The Morgan fingerprint density at radius 3 is 2.82 bits per heavy atom. The molecule has 0 spiro atoms. The standard InChI is InChI=1S/C23H22FN5O3S/c1-2-33-15-7-5-14(6-8-15)29-23(31)32-19(27-29)4-3-11-25-18-13-28-20(30)12-26-17-10-9-16(24)21(18)22(17)28/h5-10,12,18,25H,2-4,11,13H2,1H3/t18-/m0/s1. The second kappa shape index (κ2) is 8.95. The summed E-state index contributed by atoms with van der Waals surface area (Å²) in [4.78, 5) is 29.6. The second-order valence-electron chi connectivity index (χ2n) is 7.75. The summed E-state index contributed by atoms with van der Waals surface area (Å²) in [6.07, 6.45) is 2.34. The molecule has 33 heavy (non-hydrogen) atoms. The second-order valence-corrected chi connectivity index (χ2v) is 9.08. The fourth-order valence-corrected chi connectivity index (χ4v) is 4.83. The first kappa shape index (κ1) is 21.6. The Bertz CT molecular complexity index is 1430. The molecule has 0 bridgehead atoms. The Hall–Kier alpha value is -3.24. The van der Waals surface area contributed by atoms with Crippen molar-refractivity contribution in [1.29, 1.82) is 0 Å². The number of aryl methyl sites for hydroxylation is 1. The average molecular weight is 468 g/mol. The van der Waals surface area contributed by atoms with Crippen LogP contribution in [0.15, 0.2) is 61.5 Å². The minimum Gasteiger partial charge on any atom is -0.392 e. The van der Waals surface area contributed by atoms with E-state index in [0.717, 1.165) is 10.6 Å². The lowest BCUT2D eigenvalue weighted by Gasteiger charge is -2.13. The van der Waals surface area contributed by atoms with E-state index in [9.17, 15) is 14.0 Å². The Labute approximate surface area is 192 Å². The molecule has 1 atom stereocenters. The Balaban J connectivity index is 1.23. The molecule has 0 fully saturated rings. The zero-order valence-electron chi connectivity index (χ0n) is 18.0. The molecule has 0 saturated heterocycles. The van der Waals surface area contributed by atoms with E-state index in [1.165, 1.54) is 16.9 Å². The van der Waals surface area contributed by atoms with E-state index in [0.29, 0.717) is 54.1 Å². The van der Waals surface area contributed by atoms with Crippen LogP contribution in [0.3, 0.4) is 0 Å². The van der Waals surface area contributed by atoms with E-state index in [1.54, 1.807) is 22.4 Å². The number of benzene rings is 2. The maximum Gasteiger partial charge on any atom is 0.441 e. The number of hydrogen-bond acceptors (Lipinski definition) is 7. The SMILES string of the molecule is CCSc1ccc(-n2nc(CCCN[C@H]3Cn4c(=O)cnc5ccc(F)c3c54)oc2=O)cc1. The van der Waals surface area contributed by atoms with Gasteiger partial charge in [-0.3, -0.25) is 4.79 Å². The van der Waals surface area contributed by atoms with Crippen LogP contribution in [-0.4, -0.2) is 31.6 Å². The molecule has 0 saturated carbocycles. The lowest BCUT2D eigenvalue weighted by molar-refractivity contribution is 0.434. The molecule has 0 amide bonds. The first-order chi connectivity index (χ1) is 16.0. The molecule has 1 N–H and O–H groups in total. The number of thioether (sulfide) groups is 1. The van der Waals surface area contributed by atoms with E-state index in [4.69, 9.17) is 4.42 Å². The van der Waals surface area contributed by atoms with Crippen molar-refractivity contribution < 1.29 is 8.81 Å². The Kier molecular flexibility index (Phi) is 5.86. The van der Waals surface area contributed by atoms with Crippen molar-refractivity contribution in [2.45, 2.75) is 37.2 Å². The van der Waals surface area contributed by atoms with Gasteiger partial charge in [0.2, 0.25) is 5.89 Å². The van der Waals surface area contributed by atoms with Crippen LogP contribution >= 0.6 is 11.8 Å². The fourth-order valence-electron chi connectivity index (χ4n) is 4.16. The summed E-state index contributed by atoms with van der Waals surface area (Å²) >= 11 is 1.72. The summed E-state index contributed by atoms with van der Waals surface area (Å²) in [6, 6.07) is 10.2.